The van der Waals surface area contributed by atoms with Crippen molar-refractivity contribution < 1.29 is 14.7 Å². The molecule has 3 N–H and O–H groups in total. The monoisotopic (exact) mass is 254 g/mol. The topological polar surface area (TPSA) is 78.4 Å². The lowest BCUT2D eigenvalue weighted by Gasteiger charge is -2.32. The van der Waals surface area contributed by atoms with E-state index in [4.69, 9.17) is 5.11 Å². The number of carbonyl (C=O) groups excluding carboxylic acids is 1. The number of urea groups is 1. The predicted molar refractivity (Wildman–Crippen MR) is 67.3 cm³/mol. The van der Waals surface area contributed by atoms with E-state index in [9.17, 15) is 9.59 Å². The molecule has 2 aliphatic carbocycles. The van der Waals surface area contributed by atoms with Gasteiger partial charge < -0.3 is 15.7 Å². The zero-order chi connectivity index (χ0) is 13.0. The van der Waals surface area contributed by atoms with E-state index in [1.807, 2.05) is 0 Å². The van der Waals surface area contributed by atoms with E-state index < -0.39 is 5.97 Å². The Morgan fingerprint density at radius 3 is 2.67 bits per heavy atom. The van der Waals surface area contributed by atoms with Crippen molar-refractivity contribution >= 4 is 12.0 Å². The fourth-order valence-corrected chi connectivity index (χ4v) is 3.35. The third-order valence-electron chi connectivity index (χ3n) is 4.25. The maximum Gasteiger partial charge on any atom is 0.315 e. The molecule has 0 spiro atoms. The highest BCUT2D eigenvalue weighted by molar-refractivity contribution is 5.75. The quantitative estimate of drug-likeness (QED) is 0.715. The van der Waals surface area contributed by atoms with Gasteiger partial charge in [0.25, 0.3) is 0 Å². The fourth-order valence-electron chi connectivity index (χ4n) is 3.35. The first-order valence-electron chi connectivity index (χ1n) is 6.91. The summed E-state index contributed by atoms with van der Waals surface area (Å²) in [5.74, 6) is 0.794. The molecule has 2 amide bonds. The lowest BCUT2D eigenvalue weighted by atomic mass is 9.79. The molecule has 2 aliphatic rings. The summed E-state index contributed by atoms with van der Waals surface area (Å²) in [6.07, 6.45) is 7.37. The second-order valence-electron chi connectivity index (χ2n) is 5.51. The first-order valence-corrected chi connectivity index (χ1v) is 6.91. The third kappa shape index (κ3) is 3.62. The molecule has 0 aromatic heterocycles. The van der Waals surface area contributed by atoms with E-state index >= 15 is 0 Å². The van der Waals surface area contributed by atoms with Gasteiger partial charge >= 0.3 is 12.0 Å². The lowest BCUT2D eigenvalue weighted by Crippen LogP contribution is -2.45. The van der Waals surface area contributed by atoms with E-state index in [1.165, 1.54) is 25.7 Å². The minimum Gasteiger partial charge on any atom is -0.481 e. The van der Waals surface area contributed by atoms with Crippen molar-refractivity contribution in [3.05, 3.63) is 0 Å². The van der Waals surface area contributed by atoms with Crippen molar-refractivity contribution in [1.29, 1.82) is 0 Å². The molecule has 0 aromatic carbocycles. The Balaban J connectivity index is 1.66. The van der Waals surface area contributed by atoms with Crippen molar-refractivity contribution in [1.82, 2.24) is 10.6 Å². The molecule has 0 aromatic rings. The van der Waals surface area contributed by atoms with Crippen LogP contribution in [0.4, 0.5) is 4.79 Å². The van der Waals surface area contributed by atoms with Gasteiger partial charge in [-0.3, -0.25) is 4.79 Å². The number of carboxylic acid groups (broad SMARTS) is 1. The number of rotatable bonds is 4. The van der Waals surface area contributed by atoms with Crippen LogP contribution in [0.5, 0.6) is 0 Å². The van der Waals surface area contributed by atoms with Gasteiger partial charge in [0.15, 0.2) is 0 Å². The second kappa shape index (κ2) is 6.07. The number of hydrogen-bond acceptors (Lipinski definition) is 2. The average Bonchev–Trinajstić information content (AvgIpc) is 2.75. The number of aliphatic carboxylic acids is 1. The Morgan fingerprint density at radius 2 is 1.89 bits per heavy atom. The zero-order valence-corrected chi connectivity index (χ0v) is 10.7. The Hall–Kier alpha value is -1.26. The molecule has 0 radical (unpaired) electrons. The van der Waals surface area contributed by atoms with Crippen LogP contribution in [-0.2, 0) is 4.79 Å². The van der Waals surface area contributed by atoms with Crippen LogP contribution in [0, 0.1) is 11.8 Å². The second-order valence-corrected chi connectivity index (χ2v) is 5.51. The predicted octanol–water partition coefficient (Wildman–Crippen LogP) is 1.73. The van der Waals surface area contributed by atoms with E-state index in [-0.39, 0.29) is 25.0 Å². The number of amides is 2. The lowest BCUT2D eigenvalue weighted by molar-refractivity contribution is -0.136. The number of fused-ring (bicyclic) bond motifs is 1. The molecule has 0 heterocycles. The molecular formula is C13H22N2O3. The van der Waals surface area contributed by atoms with Gasteiger partial charge in [-0.05, 0) is 31.1 Å². The number of carbonyl (C=O) groups is 2. The highest BCUT2D eigenvalue weighted by Crippen LogP contribution is 2.41. The van der Waals surface area contributed by atoms with Gasteiger partial charge in [0.05, 0.1) is 6.42 Å². The minimum atomic E-state index is -0.887. The van der Waals surface area contributed by atoms with Gasteiger partial charge in [0.2, 0.25) is 0 Å². The average molecular weight is 254 g/mol. The van der Waals surface area contributed by atoms with E-state index in [2.05, 4.69) is 10.6 Å². The maximum atomic E-state index is 11.6. The smallest absolute Gasteiger partial charge is 0.315 e. The van der Waals surface area contributed by atoms with Gasteiger partial charge in [-0.1, -0.05) is 19.3 Å². The summed E-state index contributed by atoms with van der Waals surface area (Å²) in [6.45, 7) is 0.194. The van der Waals surface area contributed by atoms with Gasteiger partial charge in [-0.15, -0.1) is 0 Å². The molecule has 5 nitrogen and oxygen atoms in total. The molecule has 2 saturated carbocycles. The Kier molecular flexibility index (Phi) is 4.44. The molecule has 3 unspecified atom stereocenters. The van der Waals surface area contributed by atoms with Crippen LogP contribution >= 0.6 is 0 Å². The van der Waals surface area contributed by atoms with Crippen LogP contribution in [0.2, 0.25) is 0 Å². The molecule has 0 bridgehead atoms. The van der Waals surface area contributed by atoms with Crippen molar-refractivity contribution in [3.8, 4) is 0 Å². The highest BCUT2D eigenvalue weighted by Gasteiger charge is 2.34. The summed E-state index contributed by atoms with van der Waals surface area (Å²) in [5.41, 5.74) is 0. The SMILES string of the molecule is O=C(O)CCNC(=O)NC1CCC2CCCC2C1. The van der Waals surface area contributed by atoms with E-state index in [1.54, 1.807) is 0 Å². The Bertz CT molecular complexity index is 319. The summed E-state index contributed by atoms with van der Waals surface area (Å²) >= 11 is 0. The molecule has 5 heteroatoms. The van der Waals surface area contributed by atoms with E-state index in [0.717, 1.165) is 24.7 Å². The van der Waals surface area contributed by atoms with Gasteiger partial charge in [0, 0.05) is 12.6 Å². The summed E-state index contributed by atoms with van der Waals surface area (Å²) < 4.78 is 0. The van der Waals surface area contributed by atoms with Gasteiger partial charge in [0.1, 0.15) is 0 Å². The molecule has 0 aliphatic heterocycles. The standard InChI is InChI=1S/C13H22N2O3/c16-12(17)6-7-14-13(18)15-11-5-4-9-2-1-3-10(9)8-11/h9-11H,1-8H2,(H,16,17)(H2,14,15,18). The molecular weight excluding hydrogens is 232 g/mol. The summed E-state index contributed by atoms with van der Waals surface area (Å²) in [4.78, 5) is 21.9. The van der Waals surface area contributed by atoms with Gasteiger partial charge in [-0.25, -0.2) is 4.79 Å². The largest absolute Gasteiger partial charge is 0.481 e. The summed E-state index contributed by atoms with van der Waals surface area (Å²) in [7, 11) is 0. The molecule has 102 valence electrons. The molecule has 18 heavy (non-hydrogen) atoms. The number of hydrogen-bond donors (Lipinski definition) is 3. The molecule has 3 atom stereocenters. The summed E-state index contributed by atoms with van der Waals surface area (Å²) in [6, 6.07) is 0.0480. The molecule has 2 fully saturated rings. The number of carboxylic acids is 1. The Morgan fingerprint density at radius 1 is 1.11 bits per heavy atom. The van der Waals surface area contributed by atoms with Crippen LogP contribution in [0.15, 0.2) is 0 Å². The molecule has 0 saturated heterocycles. The summed E-state index contributed by atoms with van der Waals surface area (Å²) in [5, 5.41) is 14.0. The van der Waals surface area contributed by atoms with Crippen LogP contribution in [0.3, 0.4) is 0 Å². The number of nitrogens with one attached hydrogen (secondary N) is 2. The normalized spacial score (nSPS) is 30.6. The van der Waals surface area contributed by atoms with Crippen LogP contribution in [0.25, 0.3) is 0 Å². The zero-order valence-electron chi connectivity index (χ0n) is 10.7. The first-order chi connectivity index (χ1) is 8.65. The van der Waals surface area contributed by atoms with Gasteiger partial charge in [-0.2, -0.15) is 0 Å². The van der Waals surface area contributed by atoms with Crippen LogP contribution in [0.1, 0.15) is 44.9 Å². The van der Waals surface area contributed by atoms with E-state index in [0.29, 0.717) is 0 Å². The van der Waals surface area contributed by atoms with Crippen molar-refractivity contribution in [2.45, 2.75) is 51.0 Å². The fraction of sp³-hybridized carbons (Fsp3) is 0.846. The van der Waals surface area contributed by atoms with Crippen molar-refractivity contribution in [2.24, 2.45) is 11.8 Å². The first kappa shape index (κ1) is 13.2. The van der Waals surface area contributed by atoms with Crippen LogP contribution < -0.4 is 10.6 Å². The Labute approximate surface area is 107 Å². The maximum absolute atomic E-state index is 11.6. The highest BCUT2D eigenvalue weighted by atomic mass is 16.4. The van der Waals surface area contributed by atoms with Crippen molar-refractivity contribution in [2.75, 3.05) is 6.54 Å². The third-order valence-corrected chi connectivity index (χ3v) is 4.25. The van der Waals surface area contributed by atoms with Crippen LogP contribution in [-0.4, -0.2) is 29.7 Å². The van der Waals surface area contributed by atoms with Crippen molar-refractivity contribution in [3.63, 3.8) is 0 Å². The molecule has 2 rings (SSSR count). The minimum absolute atomic E-state index is 0.0250.